The van der Waals surface area contributed by atoms with E-state index in [1.54, 1.807) is 0 Å². The number of hydrogen-bond acceptors (Lipinski definition) is 6. The molecule has 194 valence electrons. The first-order chi connectivity index (χ1) is 19.3. The molecule has 0 amide bonds. The summed E-state index contributed by atoms with van der Waals surface area (Å²) in [6.07, 6.45) is 11.3. The predicted molar refractivity (Wildman–Crippen MR) is 155 cm³/mol. The third kappa shape index (κ3) is 4.75. The largest absolute Gasteiger partial charge is 0.368 e. The zero-order valence-corrected chi connectivity index (χ0v) is 21.7. The fourth-order valence-electron chi connectivity index (χ4n) is 5.46. The fraction of sp³-hybridized carbons (Fsp3) is 0.226. The van der Waals surface area contributed by atoms with E-state index < -0.39 is 0 Å². The Bertz CT molecular complexity index is 1730. The molecule has 0 aliphatic carbocycles. The molecule has 7 rings (SSSR count). The molecule has 8 nitrogen and oxygen atoms in total. The van der Waals surface area contributed by atoms with Gasteiger partial charge in [-0.1, -0.05) is 36.4 Å². The van der Waals surface area contributed by atoms with E-state index in [-0.39, 0.29) is 0 Å². The number of hydrogen-bond donors (Lipinski definition) is 3. The minimum Gasteiger partial charge on any atom is -0.368 e. The van der Waals surface area contributed by atoms with Gasteiger partial charge in [-0.25, -0.2) is 4.98 Å². The molecular weight excluding hydrogens is 484 g/mol. The Morgan fingerprint density at radius 1 is 0.769 bits per heavy atom. The number of piperidine rings is 1. The van der Waals surface area contributed by atoms with Crippen molar-refractivity contribution in [3.63, 3.8) is 0 Å². The Balaban J connectivity index is 1.18. The van der Waals surface area contributed by atoms with Gasteiger partial charge in [-0.15, -0.1) is 0 Å². The Morgan fingerprint density at radius 3 is 2.51 bits per heavy atom. The van der Waals surface area contributed by atoms with Crippen LogP contribution in [-0.2, 0) is 13.1 Å². The van der Waals surface area contributed by atoms with E-state index in [1.807, 2.05) is 30.9 Å². The number of pyridine rings is 2. The molecule has 0 spiro atoms. The van der Waals surface area contributed by atoms with Crippen LogP contribution in [0.1, 0.15) is 30.4 Å². The van der Waals surface area contributed by atoms with Gasteiger partial charge in [0.15, 0.2) is 5.82 Å². The normalized spacial score (nSPS) is 13.9. The minimum atomic E-state index is 0.747. The third-order valence-electron chi connectivity index (χ3n) is 7.49. The first-order valence-electron chi connectivity index (χ1n) is 13.6. The number of aromatic nitrogens is 6. The molecule has 0 atom stereocenters. The van der Waals surface area contributed by atoms with Gasteiger partial charge >= 0.3 is 0 Å². The number of fused-ring (bicyclic) bond motifs is 2. The summed E-state index contributed by atoms with van der Waals surface area (Å²) in [5, 5.41) is 12.4. The van der Waals surface area contributed by atoms with Crippen LogP contribution < -0.4 is 10.2 Å². The summed E-state index contributed by atoms with van der Waals surface area (Å²) >= 11 is 0. The lowest BCUT2D eigenvalue weighted by atomic mass is 10.0. The smallest absolute Gasteiger partial charge is 0.159 e. The lowest BCUT2D eigenvalue weighted by Gasteiger charge is -2.28. The maximum absolute atomic E-state index is 5.02. The molecule has 6 aromatic rings. The highest BCUT2D eigenvalue weighted by molar-refractivity contribution is 5.97. The zero-order valence-electron chi connectivity index (χ0n) is 21.7. The van der Waals surface area contributed by atoms with E-state index in [0.717, 1.165) is 82.0 Å². The quantitative estimate of drug-likeness (QED) is 0.247. The Morgan fingerprint density at radius 2 is 1.62 bits per heavy atom. The van der Waals surface area contributed by atoms with Crippen LogP contribution in [0.2, 0.25) is 0 Å². The molecule has 4 aromatic heterocycles. The highest BCUT2D eigenvalue weighted by Gasteiger charge is 2.19. The fourth-order valence-corrected chi connectivity index (χ4v) is 5.46. The van der Waals surface area contributed by atoms with E-state index in [4.69, 9.17) is 4.98 Å². The van der Waals surface area contributed by atoms with E-state index >= 15 is 0 Å². The van der Waals surface area contributed by atoms with Crippen LogP contribution >= 0.6 is 0 Å². The molecule has 0 unspecified atom stereocenters. The van der Waals surface area contributed by atoms with Crippen molar-refractivity contribution in [1.29, 1.82) is 0 Å². The average molecular weight is 515 g/mol. The Hall–Kier alpha value is -4.56. The molecule has 0 bridgehead atoms. The number of nitrogens with one attached hydrogen (secondary N) is 3. The van der Waals surface area contributed by atoms with Crippen molar-refractivity contribution in [1.82, 2.24) is 35.5 Å². The standard InChI is InChI=1S/C31H30N8/c1-3-7-21(8-4-1)15-32-16-22-13-24(18-33-17-22)23-9-10-26-25(14-23)29(38-37-26)31-35-27-19-34-20-28(30(27)36-31)39-11-5-2-6-12-39/h1,3-4,7-10,13-14,17-20,32H,2,5-6,11-12,15-16H2,(H,35,36)(H,37,38). The summed E-state index contributed by atoms with van der Waals surface area (Å²) < 4.78 is 0. The maximum atomic E-state index is 5.02. The van der Waals surface area contributed by atoms with Gasteiger partial charge in [0, 0.05) is 49.5 Å². The number of anilines is 1. The van der Waals surface area contributed by atoms with Gasteiger partial charge in [0.25, 0.3) is 0 Å². The van der Waals surface area contributed by atoms with Crippen molar-refractivity contribution < 1.29 is 0 Å². The van der Waals surface area contributed by atoms with E-state index in [0.29, 0.717) is 0 Å². The first-order valence-corrected chi connectivity index (χ1v) is 13.6. The van der Waals surface area contributed by atoms with Gasteiger partial charge in [0.1, 0.15) is 11.2 Å². The summed E-state index contributed by atoms with van der Waals surface area (Å²) in [4.78, 5) is 19.9. The van der Waals surface area contributed by atoms with Crippen molar-refractivity contribution in [2.75, 3.05) is 18.0 Å². The zero-order chi connectivity index (χ0) is 26.0. The number of H-pyrrole nitrogens is 2. The Labute approximate surface area is 226 Å². The van der Waals surface area contributed by atoms with Crippen LogP contribution in [0, 0.1) is 0 Å². The molecule has 0 radical (unpaired) electrons. The lowest BCUT2D eigenvalue weighted by Crippen LogP contribution is -2.29. The Kier molecular flexibility index (Phi) is 6.22. The summed E-state index contributed by atoms with van der Waals surface area (Å²) in [5.74, 6) is 0.747. The molecule has 1 aliphatic rings. The second kappa shape index (κ2) is 10.3. The predicted octanol–water partition coefficient (Wildman–Crippen LogP) is 5.84. The van der Waals surface area contributed by atoms with Crippen LogP contribution in [0.25, 0.3) is 44.6 Å². The SMILES string of the molecule is c1ccc(CNCc2cncc(-c3ccc4[nH]nc(-c5nc6c(N7CCCCC7)cncc6[nH]5)c4c3)c2)cc1. The van der Waals surface area contributed by atoms with Crippen LogP contribution in [0.3, 0.4) is 0 Å². The number of rotatable bonds is 7. The molecular formula is C31H30N8. The molecule has 8 heteroatoms. The van der Waals surface area contributed by atoms with Crippen molar-refractivity contribution in [3.05, 3.63) is 90.5 Å². The summed E-state index contributed by atoms with van der Waals surface area (Å²) in [7, 11) is 0. The third-order valence-corrected chi connectivity index (χ3v) is 7.49. The van der Waals surface area contributed by atoms with Gasteiger partial charge in [-0.2, -0.15) is 5.10 Å². The maximum Gasteiger partial charge on any atom is 0.159 e. The summed E-state index contributed by atoms with van der Waals surface area (Å²) in [5.41, 5.74) is 9.33. The highest BCUT2D eigenvalue weighted by Crippen LogP contribution is 2.33. The minimum absolute atomic E-state index is 0.747. The molecule has 1 saturated heterocycles. The first kappa shape index (κ1) is 23.5. The van der Waals surface area contributed by atoms with Crippen molar-refractivity contribution in [2.45, 2.75) is 32.4 Å². The second-order valence-electron chi connectivity index (χ2n) is 10.2. The lowest BCUT2D eigenvalue weighted by molar-refractivity contribution is 0.578. The molecule has 0 saturated carbocycles. The monoisotopic (exact) mass is 514 g/mol. The van der Waals surface area contributed by atoms with Crippen LogP contribution in [-0.4, -0.2) is 43.2 Å². The van der Waals surface area contributed by atoms with Gasteiger partial charge < -0.3 is 15.2 Å². The van der Waals surface area contributed by atoms with Gasteiger partial charge in [-0.3, -0.25) is 15.1 Å². The van der Waals surface area contributed by atoms with Gasteiger partial charge in [-0.05, 0) is 54.2 Å². The summed E-state index contributed by atoms with van der Waals surface area (Å²) in [6.45, 7) is 3.67. The topological polar surface area (TPSA) is 98.4 Å². The molecule has 39 heavy (non-hydrogen) atoms. The number of nitrogens with zero attached hydrogens (tertiary/aromatic N) is 5. The molecule has 1 aliphatic heterocycles. The van der Waals surface area contributed by atoms with Crippen molar-refractivity contribution >= 4 is 27.6 Å². The number of aromatic amines is 2. The van der Waals surface area contributed by atoms with Crippen molar-refractivity contribution in [3.8, 4) is 22.6 Å². The molecule has 3 N–H and O–H groups in total. The van der Waals surface area contributed by atoms with E-state index in [2.05, 4.69) is 83.9 Å². The highest BCUT2D eigenvalue weighted by atomic mass is 15.2. The molecule has 2 aromatic carbocycles. The van der Waals surface area contributed by atoms with E-state index in [9.17, 15) is 0 Å². The summed E-state index contributed by atoms with van der Waals surface area (Å²) in [6, 6.07) is 19.0. The molecule has 5 heterocycles. The molecule has 1 fully saturated rings. The van der Waals surface area contributed by atoms with Gasteiger partial charge in [0.2, 0.25) is 0 Å². The van der Waals surface area contributed by atoms with Crippen LogP contribution in [0.4, 0.5) is 5.69 Å². The van der Waals surface area contributed by atoms with Gasteiger partial charge in [0.05, 0.1) is 29.1 Å². The van der Waals surface area contributed by atoms with Crippen molar-refractivity contribution in [2.24, 2.45) is 0 Å². The van der Waals surface area contributed by atoms with E-state index in [1.165, 1.54) is 24.8 Å². The average Bonchev–Trinajstić information content (AvgIpc) is 3.62. The number of benzene rings is 2. The number of imidazole rings is 1. The van der Waals surface area contributed by atoms with Crippen LogP contribution in [0.5, 0.6) is 0 Å². The second-order valence-corrected chi connectivity index (χ2v) is 10.2. The van der Waals surface area contributed by atoms with Crippen LogP contribution in [0.15, 0.2) is 79.4 Å².